The maximum absolute atomic E-state index is 11.0. The molecule has 0 aromatic carbocycles. The number of ether oxygens (including phenoxy) is 1. The predicted octanol–water partition coefficient (Wildman–Crippen LogP) is 0.527. The lowest BCUT2D eigenvalue weighted by Crippen LogP contribution is -2.09. The van der Waals surface area contributed by atoms with Gasteiger partial charge >= 0.3 is 5.97 Å². The van der Waals surface area contributed by atoms with Crippen LogP contribution in [0.5, 0.6) is 0 Å². The minimum absolute atomic E-state index is 0.154. The molecule has 0 saturated carbocycles. The number of hydrogen-bond acceptors (Lipinski definition) is 5. The van der Waals surface area contributed by atoms with Gasteiger partial charge in [-0.3, -0.25) is 0 Å². The summed E-state index contributed by atoms with van der Waals surface area (Å²) in [4.78, 5) is 12.2. The Hall–Kier alpha value is -0.910. The first-order valence-corrected chi connectivity index (χ1v) is 4.57. The molecule has 0 bridgehead atoms. The van der Waals surface area contributed by atoms with E-state index in [1.807, 2.05) is 0 Å². The Morgan fingerprint density at radius 1 is 1.77 bits per heavy atom. The van der Waals surface area contributed by atoms with Gasteiger partial charge in [-0.2, -0.15) is 0 Å². The average Bonchev–Trinajstić information content (AvgIpc) is 2.64. The number of thiophene rings is 1. The molecule has 0 spiro atoms. The molecule has 0 aliphatic rings. The van der Waals surface area contributed by atoms with E-state index in [2.05, 4.69) is 4.74 Å². The van der Waals surface area contributed by atoms with Crippen molar-refractivity contribution in [1.29, 1.82) is 0 Å². The van der Waals surface area contributed by atoms with Gasteiger partial charge in [-0.15, -0.1) is 11.3 Å². The molecule has 1 aromatic heterocycles. The molecule has 0 aliphatic carbocycles. The van der Waals surface area contributed by atoms with Crippen molar-refractivity contribution in [3.05, 3.63) is 21.9 Å². The molecule has 1 heterocycles. The van der Waals surface area contributed by atoms with E-state index in [9.17, 15) is 9.90 Å². The summed E-state index contributed by atoms with van der Waals surface area (Å²) in [6, 6.07) is 3.29. The molecule has 1 rings (SSSR count). The van der Waals surface area contributed by atoms with Gasteiger partial charge in [0.15, 0.2) is 0 Å². The first kappa shape index (κ1) is 10.2. The number of rotatable bonds is 3. The fourth-order valence-corrected chi connectivity index (χ4v) is 1.78. The Labute approximate surface area is 79.9 Å². The number of carbonyl (C=O) groups is 1. The maximum atomic E-state index is 11.0. The highest BCUT2D eigenvalue weighted by Crippen LogP contribution is 2.22. The highest BCUT2D eigenvalue weighted by molar-refractivity contribution is 7.14. The van der Waals surface area contributed by atoms with Crippen molar-refractivity contribution in [2.75, 3.05) is 13.7 Å². The van der Waals surface area contributed by atoms with Crippen LogP contribution >= 0.6 is 11.3 Å². The van der Waals surface area contributed by atoms with Gasteiger partial charge < -0.3 is 15.6 Å². The summed E-state index contributed by atoms with van der Waals surface area (Å²) >= 11 is 1.19. The number of nitrogens with two attached hydrogens (primary N) is 1. The summed E-state index contributed by atoms with van der Waals surface area (Å²) in [6.07, 6.45) is -0.691. The first-order chi connectivity index (χ1) is 6.19. The van der Waals surface area contributed by atoms with E-state index in [0.717, 1.165) is 0 Å². The van der Waals surface area contributed by atoms with Crippen LogP contribution in [0.15, 0.2) is 12.1 Å². The van der Waals surface area contributed by atoms with Crippen molar-refractivity contribution in [2.45, 2.75) is 6.10 Å². The second kappa shape index (κ2) is 4.36. The first-order valence-electron chi connectivity index (χ1n) is 3.75. The van der Waals surface area contributed by atoms with Crippen LogP contribution in [0.4, 0.5) is 0 Å². The second-order valence-corrected chi connectivity index (χ2v) is 3.56. The Bertz CT molecular complexity index is 297. The minimum atomic E-state index is -0.691. The van der Waals surface area contributed by atoms with Gasteiger partial charge in [0.2, 0.25) is 0 Å². The number of methoxy groups -OCH3 is 1. The van der Waals surface area contributed by atoms with Gasteiger partial charge in [0.05, 0.1) is 7.11 Å². The van der Waals surface area contributed by atoms with Crippen LogP contribution in [0.1, 0.15) is 20.7 Å². The summed E-state index contributed by atoms with van der Waals surface area (Å²) in [5.41, 5.74) is 5.26. The SMILES string of the molecule is COC(=O)c1ccc([C@@H](O)CN)s1. The third-order valence-electron chi connectivity index (χ3n) is 1.57. The molecule has 1 atom stereocenters. The van der Waals surface area contributed by atoms with Crippen LogP contribution < -0.4 is 5.73 Å². The zero-order chi connectivity index (χ0) is 9.84. The van der Waals surface area contributed by atoms with Crippen molar-refractivity contribution < 1.29 is 14.6 Å². The van der Waals surface area contributed by atoms with E-state index in [-0.39, 0.29) is 12.5 Å². The normalized spacial score (nSPS) is 12.5. The van der Waals surface area contributed by atoms with Crippen LogP contribution in [0.3, 0.4) is 0 Å². The number of esters is 1. The van der Waals surface area contributed by atoms with E-state index in [1.54, 1.807) is 12.1 Å². The molecule has 0 fully saturated rings. The van der Waals surface area contributed by atoms with Gasteiger partial charge in [-0.05, 0) is 12.1 Å². The molecule has 4 nitrogen and oxygen atoms in total. The van der Waals surface area contributed by atoms with Crippen LogP contribution in [0.2, 0.25) is 0 Å². The van der Waals surface area contributed by atoms with Crippen LogP contribution in [0, 0.1) is 0 Å². The Kier molecular flexibility index (Phi) is 3.41. The molecule has 0 aliphatic heterocycles. The highest BCUT2D eigenvalue weighted by atomic mass is 32.1. The summed E-state index contributed by atoms with van der Waals surface area (Å²) in [5, 5.41) is 9.33. The van der Waals surface area contributed by atoms with Crippen molar-refractivity contribution in [3.8, 4) is 0 Å². The second-order valence-electron chi connectivity index (χ2n) is 2.45. The predicted molar refractivity (Wildman–Crippen MR) is 49.7 cm³/mol. The molecule has 0 unspecified atom stereocenters. The zero-order valence-electron chi connectivity index (χ0n) is 7.19. The lowest BCUT2D eigenvalue weighted by atomic mass is 10.3. The topological polar surface area (TPSA) is 72.5 Å². The summed E-state index contributed by atoms with van der Waals surface area (Å²) in [6.45, 7) is 0.154. The van der Waals surface area contributed by atoms with E-state index < -0.39 is 6.10 Å². The van der Waals surface area contributed by atoms with Gasteiger partial charge in [-0.25, -0.2) is 4.79 Å². The van der Waals surface area contributed by atoms with Gasteiger partial charge in [-0.1, -0.05) is 0 Å². The van der Waals surface area contributed by atoms with E-state index in [4.69, 9.17) is 5.73 Å². The Morgan fingerprint density at radius 3 is 3.00 bits per heavy atom. The Morgan fingerprint density at radius 2 is 2.46 bits per heavy atom. The summed E-state index contributed by atoms with van der Waals surface area (Å²) < 4.78 is 4.52. The molecule has 5 heteroatoms. The number of carbonyl (C=O) groups excluding carboxylic acids is 1. The molecule has 13 heavy (non-hydrogen) atoms. The standard InChI is InChI=1S/C8H11NO3S/c1-12-8(11)7-3-2-6(13-7)5(10)4-9/h2-3,5,10H,4,9H2,1H3/t5-/m0/s1. The lowest BCUT2D eigenvalue weighted by molar-refractivity contribution is 0.0606. The van der Waals surface area contributed by atoms with E-state index in [1.165, 1.54) is 18.4 Å². The maximum Gasteiger partial charge on any atom is 0.348 e. The van der Waals surface area contributed by atoms with E-state index >= 15 is 0 Å². The third kappa shape index (κ3) is 2.27. The molecule has 3 N–H and O–H groups in total. The van der Waals surface area contributed by atoms with Crippen molar-refractivity contribution in [3.63, 3.8) is 0 Å². The summed E-state index contributed by atoms with van der Waals surface area (Å²) in [7, 11) is 1.32. The quantitative estimate of drug-likeness (QED) is 0.699. The summed E-state index contributed by atoms with van der Waals surface area (Å²) in [5.74, 6) is -0.388. The van der Waals surface area contributed by atoms with Gasteiger partial charge in [0.25, 0.3) is 0 Å². The number of aliphatic hydroxyl groups is 1. The molecule has 1 aromatic rings. The fraction of sp³-hybridized carbons (Fsp3) is 0.375. The van der Waals surface area contributed by atoms with Crippen LogP contribution in [-0.4, -0.2) is 24.7 Å². The molecule has 0 amide bonds. The van der Waals surface area contributed by atoms with E-state index in [0.29, 0.717) is 9.75 Å². The molecule has 0 radical (unpaired) electrons. The smallest absolute Gasteiger partial charge is 0.348 e. The van der Waals surface area contributed by atoms with Gasteiger partial charge in [0, 0.05) is 11.4 Å². The largest absolute Gasteiger partial charge is 0.465 e. The molecular weight excluding hydrogens is 190 g/mol. The third-order valence-corrected chi connectivity index (χ3v) is 2.73. The van der Waals surface area contributed by atoms with Crippen LogP contribution in [-0.2, 0) is 4.74 Å². The number of hydrogen-bond donors (Lipinski definition) is 2. The molecule has 0 saturated heterocycles. The average molecular weight is 201 g/mol. The zero-order valence-corrected chi connectivity index (χ0v) is 8.00. The number of aliphatic hydroxyl groups excluding tert-OH is 1. The monoisotopic (exact) mass is 201 g/mol. The highest BCUT2D eigenvalue weighted by Gasteiger charge is 2.12. The fourth-order valence-electron chi connectivity index (χ4n) is 0.858. The van der Waals surface area contributed by atoms with Crippen LogP contribution in [0.25, 0.3) is 0 Å². The Balaban J connectivity index is 2.80. The lowest BCUT2D eigenvalue weighted by Gasteiger charge is -2.02. The molecular formula is C8H11NO3S. The molecule has 72 valence electrons. The van der Waals surface area contributed by atoms with Crippen molar-refractivity contribution >= 4 is 17.3 Å². The van der Waals surface area contributed by atoms with Gasteiger partial charge in [0.1, 0.15) is 11.0 Å². The van der Waals surface area contributed by atoms with Crippen molar-refractivity contribution in [1.82, 2.24) is 0 Å². The minimum Gasteiger partial charge on any atom is -0.465 e. The van der Waals surface area contributed by atoms with Crippen molar-refractivity contribution in [2.24, 2.45) is 5.73 Å².